The number of fused-ring (bicyclic) bond motifs is 1. The van der Waals surface area contributed by atoms with Gasteiger partial charge in [0.05, 0.1) is 5.69 Å². The predicted molar refractivity (Wildman–Crippen MR) is 64.5 cm³/mol. The van der Waals surface area contributed by atoms with Crippen LogP contribution in [-0.2, 0) is 9.59 Å². The van der Waals surface area contributed by atoms with Crippen molar-refractivity contribution in [1.29, 1.82) is 0 Å². The maximum absolute atomic E-state index is 12.1. The molecule has 5 heteroatoms. The highest BCUT2D eigenvalue weighted by Gasteiger charge is 2.37. The molecule has 1 aromatic carbocycles. The first kappa shape index (κ1) is 11.6. The van der Waals surface area contributed by atoms with Crippen LogP contribution in [0.1, 0.15) is 17.2 Å². The highest BCUT2D eigenvalue weighted by Crippen LogP contribution is 2.37. The molecule has 1 aliphatic rings. The Labute approximate surface area is 99.6 Å². The van der Waals surface area contributed by atoms with Gasteiger partial charge in [-0.3, -0.25) is 9.59 Å². The van der Waals surface area contributed by atoms with Gasteiger partial charge in [-0.05, 0) is 19.5 Å². The molecule has 1 aliphatic heterocycles. The lowest BCUT2D eigenvalue weighted by atomic mass is 10.1. The zero-order valence-corrected chi connectivity index (χ0v) is 9.86. The Bertz CT molecular complexity index is 485. The maximum Gasteiger partial charge on any atom is 0.249 e. The van der Waals surface area contributed by atoms with Crippen molar-refractivity contribution in [2.45, 2.75) is 13.0 Å². The van der Waals surface area contributed by atoms with Gasteiger partial charge in [0.1, 0.15) is 12.6 Å². The number of carbonyl (C=O) groups excluding carboxylic acids is 2. The van der Waals surface area contributed by atoms with E-state index in [1.165, 1.54) is 4.90 Å². The van der Waals surface area contributed by atoms with E-state index in [4.69, 9.17) is 5.73 Å². The minimum atomic E-state index is -0.510. The molecule has 0 saturated heterocycles. The third kappa shape index (κ3) is 1.78. The number of likely N-dealkylation sites (N-methyl/N-ethyl adjacent to an activating group) is 1. The quantitative estimate of drug-likeness (QED) is 0.776. The third-order valence-electron chi connectivity index (χ3n) is 2.97. The molecule has 5 nitrogen and oxygen atoms in total. The zero-order valence-electron chi connectivity index (χ0n) is 9.86. The van der Waals surface area contributed by atoms with Gasteiger partial charge >= 0.3 is 0 Å². The molecule has 0 spiro atoms. The van der Waals surface area contributed by atoms with Gasteiger partial charge < -0.3 is 16.0 Å². The van der Waals surface area contributed by atoms with Crippen molar-refractivity contribution in [3.8, 4) is 0 Å². The second kappa shape index (κ2) is 4.18. The fourth-order valence-corrected chi connectivity index (χ4v) is 2.27. The summed E-state index contributed by atoms with van der Waals surface area (Å²) in [6.45, 7) is 1.84. The molecule has 1 atom stereocenters. The van der Waals surface area contributed by atoms with Crippen molar-refractivity contribution in [3.63, 3.8) is 0 Å². The number of benzene rings is 1. The van der Waals surface area contributed by atoms with Crippen LogP contribution in [0.25, 0.3) is 0 Å². The third-order valence-corrected chi connectivity index (χ3v) is 2.97. The maximum atomic E-state index is 12.1. The largest absolute Gasteiger partial charge is 0.368 e. The van der Waals surface area contributed by atoms with E-state index >= 15 is 0 Å². The Kier molecular flexibility index (Phi) is 2.85. The van der Waals surface area contributed by atoms with E-state index in [0.29, 0.717) is 0 Å². The second-order valence-corrected chi connectivity index (χ2v) is 4.13. The molecular weight excluding hydrogens is 218 g/mol. The fraction of sp³-hybridized carbons (Fsp3) is 0.333. The van der Waals surface area contributed by atoms with Gasteiger partial charge in [-0.2, -0.15) is 0 Å². The van der Waals surface area contributed by atoms with Crippen LogP contribution >= 0.6 is 0 Å². The first-order valence-corrected chi connectivity index (χ1v) is 5.42. The summed E-state index contributed by atoms with van der Waals surface area (Å²) in [5, 5.41) is 2.96. The number of nitrogens with one attached hydrogen (secondary N) is 1. The monoisotopic (exact) mass is 233 g/mol. The van der Waals surface area contributed by atoms with Crippen LogP contribution in [0.15, 0.2) is 18.2 Å². The SMILES string of the molecule is CNC1C(=O)N(CC(N)=O)c2c(C)cccc21. The lowest BCUT2D eigenvalue weighted by Crippen LogP contribution is -2.39. The summed E-state index contributed by atoms with van der Waals surface area (Å²) in [4.78, 5) is 24.6. The van der Waals surface area contributed by atoms with Gasteiger partial charge in [0.25, 0.3) is 0 Å². The van der Waals surface area contributed by atoms with Crippen molar-refractivity contribution < 1.29 is 9.59 Å². The van der Waals surface area contributed by atoms with E-state index in [9.17, 15) is 9.59 Å². The number of nitrogens with zero attached hydrogens (tertiary/aromatic N) is 1. The van der Waals surface area contributed by atoms with Crippen LogP contribution in [0.4, 0.5) is 5.69 Å². The number of carbonyl (C=O) groups is 2. The normalized spacial score (nSPS) is 18.4. The number of para-hydroxylation sites is 1. The van der Waals surface area contributed by atoms with Crippen molar-refractivity contribution in [1.82, 2.24) is 5.32 Å². The second-order valence-electron chi connectivity index (χ2n) is 4.13. The Balaban J connectivity index is 2.51. The number of primary amides is 1. The summed E-state index contributed by atoms with van der Waals surface area (Å²) in [5.41, 5.74) is 7.85. The van der Waals surface area contributed by atoms with E-state index in [1.54, 1.807) is 7.05 Å². The average Bonchev–Trinajstić information content (AvgIpc) is 2.52. The zero-order chi connectivity index (χ0) is 12.6. The molecule has 0 aromatic heterocycles. The number of hydrogen-bond acceptors (Lipinski definition) is 3. The Morgan fingerprint density at radius 2 is 2.24 bits per heavy atom. The first-order valence-electron chi connectivity index (χ1n) is 5.42. The van der Waals surface area contributed by atoms with Gasteiger partial charge in [0.15, 0.2) is 0 Å². The van der Waals surface area contributed by atoms with E-state index in [0.717, 1.165) is 16.8 Å². The fourth-order valence-electron chi connectivity index (χ4n) is 2.27. The molecule has 2 rings (SSSR count). The minimum absolute atomic E-state index is 0.0745. The average molecular weight is 233 g/mol. The summed E-state index contributed by atoms with van der Waals surface area (Å²) in [6.07, 6.45) is 0. The molecule has 1 aromatic rings. The first-order chi connectivity index (χ1) is 8.06. The summed E-state index contributed by atoms with van der Waals surface area (Å²) >= 11 is 0. The Morgan fingerprint density at radius 1 is 1.53 bits per heavy atom. The topological polar surface area (TPSA) is 75.4 Å². The van der Waals surface area contributed by atoms with Crippen molar-refractivity contribution >= 4 is 17.5 Å². The lowest BCUT2D eigenvalue weighted by Gasteiger charge is -2.17. The van der Waals surface area contributed by atoms with Crippen molar-refractivity contribution in [2.24, 2.45) is 5.73 Å². The van der Waals surface area contributed by atoms with Crippen LogP contribution in [-0.4, -0.2) is 25.4 Å². The predicted octanol–water partition coefficient (Wildman–Crippen LogP) is 0.0874. The number of amides is 2. The van der Waals surface area contributed by atoms with Crippen LogP contribution in [0.2, 0.25) is 0 Å². The standard InChI is InChI=1S/C12H15N3O2/c1-7-4-3-5-8-10(14-2)12(17)15(11(7)8)6-9(13)16/h3-5,10,14H,6H2,1-2H3,(H2,13,16). The van der Waals surface area contributed by atoms with Crippen molar-refractivity contribution in [3.05, 3.63) is 29.3 Å². The molecule has 0 aliphatic carbocycles. The minimum Gasteiger partial charge on any atom is -0.368 e. The van der Waals surface area contributed by atoms with Crippen molar-refractivity contribution in [2.75, 3.05) is 18.5 Å². The number of anilines is 1. The molecule has 3 N–H and O–H groups in total. The Morgan fingerprint density at radius 3 is 2.82 bits per heavy atom. The smallest absolute Gasteiger partial charge is 0.249 e. The Hall–Kier alpha value is -1.88. The summed E-state index contributed by atoms with van der Waals surface area (Å²) in [7, 11) is 1.72. The van der Waals surface area contributed by atoms with Crippen LogP contribution in [0, 0.1) is 6.92 Å². The molecule has 0 bridgehead atoms. The van der Waals surface area contributed by atoms with Gasteiger partial charge in [0, 0.05) is 5.56 Å². The molecular formula is C12H15N3O2. The summed E-state index contributed by atoms with van der Waals surface area (Å²) in [6, 6.07) is 5.32. The van der Waals surface area contributed by atoms with Crippen LogP contribution in [0.5, 0.6) is 0 Å². The molecule has 1 heterocycles. The van der Waals surface area contributed by atoms with E-state index in [2.05, 4.69) is 5.32 Å². The van der Waals surface area contributed by atoms with Gasteiger partial charge in [0.2, 0.25) is 11.8 Å². The molecule has 0 radical (unpaired) electrons. The molecule has 17 heavy (non-hydrogen) atoms. The number of rotatable bonds is 3. The van der Waals surface area contributed by atoms with E-state index in [-0.39, 0.29) is 18.5 Å². The molecule has 0 fully saturated rings. The lowest BCUT2D eigenvalue weighted by molar-refractivity contribution is -0.123. The molecule has 1 unspecified atom stereocenters. The van der Waals surface area contributed by atoms with Gasteiger partial charge in [-0.15, -0.1) is 0 Å². The van der Waals surface area contributed by atoms with Gasteiger partial charge in [-0.25, -0.2) is 0 Å². The number of hydrogen-bond donors (Lipinski definition) is 2. The highest BCUT2D eigenvalue weighted by atomic mass is 16.2. The molecule has 2 amide bonds. The van der Waals surface area contributed by atoms with Crippen LogP contribution < -0.4 is 16.0 Å². The number of aryl methyl sites for hydroxylation is 1. The number of nitrogens with two attached hydrogens (primary N) is 1. The summed E-state index contributed by atoms with van der Waals surface area (Å²) < 4.78 is 0. The molecule has 90 valence electrons. The highest BCUT2D eigenvalue weighted by molar-refractivity contribution is 6.08. The molecule has 0 saturated carbocycles. The van der Waals surface area contributed by atoms with E-state index < -0.39 is 5.91 Å². The summed E-state index contributed by atoms with van der Waals surface area (Å²) in [5.74, 6) is -0.639. The van der Waals surface area contributed by atoms with Crippen LogP contribution in [0.3, 0.4) is 0 Å². The van der Waals surface area contributed by atoms with E-state index in [1.807, 2.05) is 25.1 Å². The van der Waals surface area contributed by atoms with Gasteiger partial charge in [-0.1, -0.05) is 18.2 Å².